The molecule has 2 fully saturated rings. The van der Waals surface area contributed by atoms with Gasteiger partial charge < -0.3 is 15.5 Å². The van der Waals surface area contributed by atoms with Crippen LogP contribution in [-0.2, 0) is 10.0 Å². The van der Waals surface area contributed by atoms with E-state index < -0.39 is 33.0 Å². The summed E-state index contributed by atoms with van der Waals surface area (Å²) in [4.78, 5) is 0.593. The summed E-state index contributed by atoms with van der Waals surface area (Å²) in [5, 5.41) is 5.64. The first kappa shape index (κ1) is 18.5. The van der Waals surface area contributed by atoms with Gasteiger partial charge in [0.25, 0.3) is 10.0 Å². The maximum absolute atomic E-state index is 14.2. The lowest BCUT2D eigenvalue weighted by molar-refractivity contribution is -0.150. The number of hydrogen-bond acceptors (Lipinski definition) is 5. The topological polar surface area (TPSA) is 73.8 Å². The zero-order valence-electron chi connectivity index (χ0n) is 14.3. The van der Waals surface area contributed by atoms with Crippen LogP contribution in [0.2, 0.25) is 0 Å². The Morgan fingerprint density at radius 2 is 1.96 bits per heavy atom. The van der Waals surface area contributed by atoms with Crippen LogP contribution in [0.4, 0.5) is 28.9 Å². The number of halogens is 4. The van der Waals surface area contributed by atoms with Crippen molar-refractivity contribution in [2.75, 3.05) is 23.3 Å². The number of nitrogens with one attached hydrogen (secondary N) is 2. The van der Waals surface area contributed by atoms with Gasteiger partial charge in [-0.3, -0.25) is 0 Å². The summed E-state index contributed by atoms with van der Waals surface area (Å²) >= 11 is 0. The SMILES string of the molecule is C[C@@H]1CN(c2cc(F)cc3c2NC(C2CC2)=NS3(=O)=O)[C@H](C(F)(F)F)CN1. The van der Waals surface area contributed by atoms with E-state index in [1.54, 1.807) is 6.92 Å². The Bertz CT molecular complexity index is 912. The van der Waals surface area contributed by atoms with Crippen molar-refractivity contribution in [1.82, 2.24) is 5.32 Å². The molecule has 1 aliphatic carbocycles. The molecule has 1 aromatic carbocycles. The molecule has 2 N–H and O–H groups in total. The zero-order valence-corrected chi connectivity index (χ0v) is 15.2. The van der Waals surface area contributed by atoms with Gasteiger partial charge in [0.05, 0.1) is 11.4 Å². The van der Waals surface area contributed by atoms with Crippen molar-refractivity contribution in [2.45, 2.75) is 42.9 Å². The van der Waals surface area contributed by atoms with Crippen molar-refractivity contribution in [3.63, 3.8) is 0 Å². The third-order valence-electron chi connectivity index (χ3n) is 4.95. The summed E-state index contributed by atoms with van der Waals surface area (Å²) in [6.45, 7) is 1.30. The van der Waals surface area contributed by atoms with Crippen LogP contribution in [0.5, 0.6) is 0 Å². The van der Waals surface area contributed by atoms with Crippen molar-refractivity contribution >= 4 is 27.2 Å². The first-order valence-corrected chi connectivity index (χ1v) is 10.0. The molecular formula is C16H18F4N4O2S. The molecule has 6 nitrogen and oxygen atoms in total. The van der Waals surface area contributed by atoms with E-state index in [0.717, 1.165) is 29.9 Å². The smallest absolute Gasteiger partial charge is 0.355 e. The molecule has 148 valence electrons. The van der Waals surface area contributed by atoms with Crippen LogP contribution in [0.25, 0.3) is 0 Å². The van der Waals surface area contributed by atoms with Crippen LogP contribution in [0.15, 0.2) is 21.4 Å². The van der Waals surface area contributed by atoms with Crippen LogP contribution in [-0.4, -0.2) is 45.6 Å². The number of rotatable bonds is 2. The van der Waals surface area contributed by atoms with Crippen molar-refractivity contribution in [2.24, 2.45) is 10.3 Å². The van der Waals surface area contributed by atoms with Crippen LogP contribution in [0, 0.1) is 11.7 Å². The highest BCUT2D eigenvalue weighted by Crippen LogP contribution is 2.43. The summed E-state index contributed by atoms with van der Waals surface area (Å²) in [6.07, 6.45) is -3.06. The van der Waals surface area contributed by atoms with E-state index in [9.17, 15) is 26.0 Å². The van der Waals surface area contributed by atoms with Crippen LogP contribution >= 0.6 is 0 Å². The molecule has 3 aliphatic rings. The van der Waals surface area contributed by atoms with Gasteiger partial charge in [-0.2, -0.15) is 21.6 Å². The Morgan fingerprint density at radius 1 is 1.26 bits per heavy atom. The second-order valence-corrected chi connectivity index (χ2v) is 8.74. The predicted octanol–water partition coefficient (Wildman–Crippen LogP) is 2.48. The Kier molecular flexibility index (Phi) is 4.15. The van der Waals surface area contributed by atoms with Crippen molar-refractivity contribution in [3.05, 3.63) is 17.9 Å². The summed E-state index contributed by atoms with van der Waals surface area (Å²) in [6, 6.07) is -0.428. The van der Waals surface area contributed by atoms with Gasteiger partial charge in [0.15, 0.2) is 0 Å². The summed E-state index contributed by atoms with van der Waals surface area (Å²) in [5.74, 6) is -0.778. The minimum atomic E-state index is -4.56. The lowest BCUT2D eigenvalue weighted by Crippen LogP contribution is -2.61. The molecule has 2 aliphatic heterocycles. The average molecular weight is 406 g/mol. The van der Waals surface area contributed by atoms with Gasteiger partial charge in [-0.05, 0) is 31.9 Å². The first-order valence-electron chi connectivity index (χ1n) is 8.58. The van der Waals surface area contributed by atoms with E-state index in [-0.39, 0.29) is 42.3 Å². The maximum atomic E-state index is 14.2. The van der Waals surface area contributed by atoms with E-state index in [1.165, 1.54) is 0 Å². The van der Waals surface area contributed by atoms with Gasteiger partial charge in [-0.15, -0.1) is 4.40 Å². The molecule has 0 radical (unpaired) electrons. The highest BCUT2D eigenvalue weighted by Gasteiger charge is 2.47. The first-order chi connectivity index (χ1) is 12.6. The minimum absolute atomic E-state index is 0.0309. The Hall–Kier alpha value is -1.88. The molecule has 2 atom stereocenters. The number of anilines is 2. The Balaban J connectivity index is 1.86. The van der Waals surface area contributed by atoms with Crippen LogP contribution in [0.1, 0.15) is 19.8 Å². The van der Waals surface area contributed by atoms with Gasteiger partial charge in [-0.25, -0.2) is 4.39 Å². The summed E-state index contributed by atoms with van der Waals surface area (Å²) in [7, 11) is -4.18. The molecule has 0 amide bonds. The van der Waals surface area contributed by atoms with Crippen molar-refractivity contribution in [1.29, 1.82) is 0 Å². The van der Waals surface area contributed by atoms with Crippen LogP contribution < -0.4 is 15.5 Å². The number of alkyl halides is 3. The molecule has 0 unspecified atom stereocenters. The number of amidine groups is 1. The highest BCUT2D eigenvalue weighted by molar-refractivity contribution is 7.90. The normalized spacial score (nSPS) is 27.6. The van der Waals surface area contributed by atoms with Gasteiger partial charge in [0, 0.05) is 25.0 Å². The molecule has 1 saturated heterocycles. The predicted molar refractivity (Wildman–Crippen MR) is 92.0 cm³/mol. The Morgan fingerprint density at radius 3 is 2.59 bits per heavy atom. The van der Waals surface area contributed by atoms with Gasteiger partial charge in [-0.1, -0.05) is 0 Å². The fourth-order valence-electron chi connectivity index (χ4n) is 3.46. The average Bonchev–Trinajstić information content (AvgIpc) is 3.38. The van der Waals surface area contributed by atoms with Gasteiger partial charge in [0.1, 0.15) is 22.6 Å². The van der Waals surface area contributed by atoms with Gasteiger partial charge >= 0.3 is 6.18 Å². The monoisotopic (exact) mass is 406 g/mol. The third kappa shape index (κ3) is 3.38. The van der Waals surface area contributed by atoms with Crippen molar-refractivity contribution in [3.8, 4) is 0 Å². The second kappa shape index (κ2) is 6.06. The molecule has 2 heterocycles. The third-order valence-corrected chi connectivity index (χ3v) is 6.27. The minimum Gasteiger partial charge on any atom is -0.355 e. The number of sulfonamides is 1. The molecule has 4 rings (SSSR count). The molecular weight excluding hydrogens is 388 g/mol. The van der Waals surface area contributed by atoms with E-state index in [1.807, 2.05) is 0 Å². The van der Waals surface area contributed by atoms with Crippen molar-refractivity contribution < 1.29 is 26.0 Å². The lowest BCUT2D eigenvalue weighted by Gasteiger charge is -2.42. The van der Waals surface area contributed by atoms with E-state index in [0.29, 0.717) is 0 Å². The molecule has 1 aromatic rings. The number of fused-ring (bicyclic) bond motifs is 1. The van der Waals surface area contributed by atoms with E-state index in [4.69, 9.17) is 0 Å². The number of hydrogen-bond donors (Lipinski definition) is 2. The molecule has 1 saturated carbocycles. The quantitative estimate of drug-likeness (QED) is 0.739. The summed E-state index contributed by atoms with van der Waals surface area (Å²) in [5.41, 5.74) is -0.144. The number of piperazine rings is 1. The molecule has 0 aromatic heterocycles. The largest absolute Gasteiger partial charge is 0.409 e. The standard InChI is InChI=1S/C16H18F4N4O2S/c1-8-7-24(13(6-21-8)16(18,19)20)11-4-10(17)5-12-14(11)22-15(9-2-3-9)23-27(12,25)26/h4-5,8-9,13,21H,2-3,6-7H2,1H3,(H,22,23)/t8-,13+/m1/s1. The second-order valence-electron chi connectivity index (χ2n) is 7.17. The fraction of sp³-hybridized carbons (Fsp3) is 0.562. The fourth-order valence-corrected chi connectivity index (χ4v) is 4.68. The zero-order chi connectivity index (χ0) is 19.6. The van der Waals surface area contributed by atoms with Crippen LogP contribution in [0.3, 0.4) is 0 Å². The number of nitrogens with zero attached hydrogens (tertiary/aromatic N) is 2. The molecule has 27 heavy (non-hydrogen) atoms. The maximum Gasteiger partial charge on any atom is 0.409 e. The highest BCUT2D eigenvalue weighted by atomic mass is 32.2. The Labute approximate surface area is 153 Å². The van der Waals surface area contributed by atoms with E-state index >= 15 is 0 Å². The molecule has 11 heteroatoms. The molecule has 0 bridgehead atoms. The number of benzene rings is 1. The molecule has 0 spiro atoms. The van der Waals surface area contributed by atoms with Gasteiger partial charge in [0.2, 0.25) is 0 Å². The van der Waals surface area contributed by atoms with E-state index in [2.05, 4.69) is 15.0 Å². The lowest BCUT2D eigenvalue weighted by atomic mass is 10.1. The summed E-state index contributed by atoms with van der Waals surface area (Å²) < 4.78 is 83.6.